The molecule has 0 saturated carbocycles. The number of carbonyl (C=O) groups is 1. The Morgan fingerprint density at radius 1 is 1.45 bits per heavy atom. The molecule has 1 aromatic rings. The van der Waals surface area contributed by atoms with Gasteiger partial charge in [0.2, 0.25) is 11.8 Å². The predicted molar refractivity (Wildman–Crippen MR) is 80.4 cm³/mol. The molecule has 1 aliphatic rings. The van der Waals surface area contributed by atoms with Crippen LogP contribution in [0.3, 0.4) is 0 Å². The van der Waals surface area contributed by atoms with Gasteiger partial charge in [-0.2, -0.15) is 0 Å². The minimum absolute atomic E-state index is 0.0998. The van der Waals surface area contributed by atoms with Gasteiger partial charge in [0.05, 0.1) is 13.7 Å². The lowest BCUT2D eigenvalue weighted by Gasteiger charge is -2.27. The van der Waals surface area contributed by atoms with Crippen LogP contribution in [0, 0.1) is 0 Å². The SMILES string of the molecule is COc1ccc(C(O)C(NCCO)C(=O)N2CCCC2)cn1. The zero-order chi connectivity index (χ0) is 15.9. The van der Waals surface area contributed by atoms with Crippen LogP contribution in [-0.4, -0.2) is 65.4 Å². The lowest BCUT2D eigenvalue weighted by molar-refractivity contribution is -0.135. The quantitative estimate of drug-likeness (QED) is 0.640. The first-order valence-electron chi connectivity index (χ1n) is 7.48. The number of aliphatic hydroxyl groups excluding tert-OH is 2. The van der Waals surface area contributed by atoms with E-state index in [4.69, 9.17) is 9.84 Å². The first-order chi connectivity index (χ1) is 10.7. The third-order valence-electron chi connectivity index (χ3n) is 3.79. The highest BCUT2D eigenvalue weighted by molar-refractivity contribution is 5.83. The molecule has 2 heterocycles. The second-order valence-electron chi connectivity index (χ2n) is 5.27. The molecule has 1 fully saturated rings. The minimum Gasteiger partial charge on any atom is -0.481 e. The summed E-state index contributed by atoms with van der Waals surface area (Å²) in [6.45, 7) is 1.57. The molecule has 0 spiro atoms. The maximum atomic E-state index is 12.6. The van der Waals surface area contributed by atoms with Crippen LogP contribution in [0.4, 0.5) is 0 Å². The summed E-state index contributed by atoms with van der Waals surface area (Å²) in [5.41, 5.74) is 0.531. The molecule has 1 amide bonds. The van der Waals surface area contributed by atoms with Crippen LogP contribution in [0.5, 0.6) is 5.88 Å². The van der Waals surface area contributed by atoms with E-state index in [-0.39, 0.29) is 19.1 Å². The number of pyridine rings is 1. The van der Waals surface area contributed by atoms with E-state index < -0.39 is 12.1 Å². The number of ether oxygens (including phenoxy) is 1. The van der Waals surface area contributed by atoms with Gasteiger partial charge in [-0.15, -0.1) is 0 Å². The first kappa shape index (κ1) is 16.7. The van der Waals surface area contributed by atoms with Gasteiger partial charge in [0.1, 0.15) is 12.1 Å². The Balaban J connectivity index is 2.13. The van der Waals surface area contributed by atoms with E-state index in [0.717, 1.165) is 12.8 Å². The molecular formula is C15H23N3O4. The molecule has 22 heavy (non-hydrogen) atoms. The van der Waals surface area contributed by atoms with Crippen molar-refractivity contribution in [2.24, 2.45) is 0 Å². The number of likely N-dealkylation sites (tertiary alicyclic amines) is 1. The molecule has 2 atom stereocenters. The third kappa shape index (κ3) is 3.94. The van der Waals surface area contributed by atoms with E-state index in [1.165, 1.54) is 13.3 Å². The van der Waals surface area contributed by atoms with E-state index in [9.17, 15) is 9.90 Å². The largest absolute Gasteiger partial charge is 0.481 e. The summed E-state index contributed by atoms with van der Waals surface area (Å²) < 4.78 is 4.99. The van der Waals surface area contributed by atoms with Crippen molar-refractivity contribution in [1.82, 2.24) is 15.2 Å². The zero-order valence-electron chi connectivity index (χ0n) is 12.7. The van der Waals surface area contributed by atoms with Crippen molar-refractivity contribution in [3.8, 4) is 5.88 Å². The van der Waals surface area contributed by atoms with Crippen LogP contribution >= 0.6 is 0 Å². The monoisotopic (exact) mass is 309 g/mol. The van der Waals surface area contributed by atoms with E-state index in [1.807, 2.05) is 0 Å². The lowest BCUT2D eigenvalue weighted by atomic mass is 10.0. The maximum absolute atomic E-state index is 12.6. The summed E-state index contributed by atoms with van der Waals surface area (Å²) in [5.74, 6) is 0.302. The van der Waals surface area contributed by atoms with Gasteiger partial charge in [-0.1, -0.05) is 0 Å². The number of nitrogens with zero attached hydrogens (tertiary/aromatic N) is 2. The van der Waals surface area contributed by atoms with Crippen molar-refractivity contribution >= 4 is 5.91 Å². The Morgan fingerprint density at radius 3 is 2.73 bits per heavy atom. The second-order valence-corrected chi connectivity index (χ2v) is 5.27. The van der Waals surface area contributed by atoms with Gasteiger partial charge in [-0.05, 0) is 18.9 Å². The van der Waals surface area contributed by atoms with Crippen molar-refractivity contribution in [1.29, 1.82) is 0 Å². The summed E-state index contributed by atoms with van der Waals surface area (Å²) in [6.07, 6.45) is 2.43. The molecule has 7 nitrogen and oxygen atoms in total. The fourth-order valence-electron chi connectivity index (χ4n) is 2.57. The van der Waals surface area contributed by atoms with Gasteiger partial charge in [0.25, 0.3) is 0 Å². The van der Waals surface area contributed by atoms with Crippen LogP contribution < -0.4 is 10.1 Å². The highest BCUT2D eigenvalue weighted by Crippen LogP contribution is 2.21. The van der Waals surface area contributed by atoms with E-state index in [1.54, 1.807) is 17.0 Å². The average Bonchev–Trinajstić information content (AvgIpc) is 3.09. The molecule has 0 aromatic carbocycles. The summed E-state index contributed by atoms with van der Waals surface area (Å²) in [4.78, 5) is 18.4. The van der Waals surface area contributed by atoms with E-state index in [2.05, 4.69) is 10.3 Å². The summed E-state index contributed by atoms with van der Waals surface area (Å²) in [6, 6.07) is 2.53. The normalized spacial score (nSPS) is 17.3. The van der Waals surface area contributed by atoms with Crippen LogP contribution in [0.25, 0.3) is 0 Å². The van der Waals surface area contributed by atoms with Crippen molar-refractivity contribution in [3.05, 3.63) is 23.9 Å². The maximum Gasteiger partial charge on any atom is 0.242 e. The predicted octanol–water partition coefficient (Wildman–Crippen LogP) is -0.303. The van der Waals surface area contributed by atoms with Crippen molar-refractivity contribution in [2.75, 3.05) is 33.4 Å². The van der Waals surface area contributed by atoms with Crippen molar-refractivity contribution < 1.29 is 19.7 Å². The number of amides is 1. The molecule has 0 aliphatic carbocycles. The molecule has 122 valence electrons. The molecule has 0 radical (unpaired) electrons. The lowest BCUT2D eigenvalue weighted by Crippen LogP contribution is -2.49. The standard InChI is InChI=1S/C15H23N3O4/c1-22-12-5-4-11(10-17-12)14(20)13(16-6-9-19)15(21)18-7-2-3-8-18/h4-5,10,13-14,16,19-20H,2-3,6-9H2,1H3. The smallest absolute Gasteiger partial charge is 0.242 e. The average molecular weight is 309 g/mol. The number of aromatic nitrogens is 1. The Morgan fingerprint density at radius 2 is 2.18 bits per heavy atom. The topological polar surface area (TPSA) is 94.9 Å². The van der Waals surface area contributed by atoms with E-state index >= 15 is 0 Å². The van der Waals surface area contributed by atoms with Gasteiger partial charge < -0.3 is 25.2 Å². The van der Waals surface area contributed by atoms with E-state index in [0.29, 0.717) is 24.5 Å². The molecule has 1 aliphatic heterocycles. The van der Waals surface area contributed by atoms with Gasteiger partial charge in [-0.25, -0.2) is 4.98 Å². The highest BCUT2D eigenvalue weighted by atomic mass is 16.5. The highest BCUT2D eigenvalue weighted by Gasteiger charge is 2.32. The van der Waals surface area contributed by atoms with Crippen LogP contribution in [0.2, 0.25) is 0 Å². The molecule has 1 saturated heterocycles. The summed E-state index contributed by atoms with van der Waals surface area (Å²) in [7, 11) is 1.51. The summed E-state index contributed by atoms with van der Waals surface area (Å²) >= 11 is 0. The van der Waals surface area contributed by atoms with Gasteiger partial charge in [-0.3, -0.25) is 4.79 Å². The number of nitrogens with one attached hydrogen (secondary N) is 1. The molecule has 3 N–H and O–H groups in total. The molecule has 1 aromatic heterocycles. The van der Waals surface area contributed by atoms with Crippen molar-refractivity contribution in [3.63, 3.8) is 0 Å². The first-order valence-corrected chi connectivity index (χ1v) is 7.48. The fourth-order valence-corrected chi connectivity index (χ4v) is 2.57. The number of rotatable bonds is 7. The fraction of sp³-hybridized carbons (Fsp3) is 0.600. The van der Waals surface area contributed by atoms with Gasteiger partial charge >= 0.3 is 0 Å². The number of methoxy groups -OCH3 is 1. The van der Waals surface area contributed by atoms with Crippen LogP contribution in [0.15, 0.2) is 18.3 Å². The number of hydrogen-bond acceptors (Lipinski definition) is 6. The number of aliphatic hydroxyl groups is 2. The van der Waals surface area contributed by atoms with Crippen LogP contribution in [0.1, 0.15) is 24.5 Å². The Bertz CT molecular complexity index is 474. The van der Waals surface area contributed by atoms with Crippen molar-refractivity contribution in [2.45, 2.75) is 25.0 Å². The number of carbonyl (C=O) groups excluding carboxylic acids is 1. The molecule has 2 rings (SSSR count). The van der Waals surface area contributed by atoms with Crippen LogP contribution in [-0.2, 0) is 4.79 Å². The Kier molecular flexibility index (Phi) is 6.11. The number of hydrogen-bond donors (Lipinski definition) is 3. The van der Waals surface area contributed by atoms with Gasteiger partial charge in [0, 0.05) is 37.5 Å². The minimum atomic E-state index is -1.03. The third-order valence-corrected chi connectivity index (χ3v) is 3.79. The van der Waals surface area contributed by atoms with Gasteiger partial charge in [0.15, 0.2) is 0 Å². The molecule has 2 unspecified atom stereocenters. The second kappa shape index (κ2) is 8.07. The molecule has 7 heteroatoms. The molecular weight excluding hydrogens is 286 g/mol. The molecule has 0 bridgehead atoms. The Labute approximate surface area is 129 Å². The summed E-state index contributed by atoms with van der Waals surface area (Å²) in [5, 5.41) is 22.4. The Hall–Kier alpha value is -1.70. The zero-order valence-corrected chi connectivity index (χ0v) is 12.7.